The predicted molar refractivity (Wildman–Crippen MR) is 46.1 cm³/mol. The maximum Gasteiger partial charge on any atom is 0.412 e. The highest BCUT2D eigenvalue weighted by Crippen LogP contribution is 2.29. The van der Waals surface area contributed by atoms with Gasteiger partial charge in [0.2, 0.25) is 0 Å². The van der Waals surface area contributed by atoms with Crippen molar-refractivity contribution < 1.29 is 13.2 Å². The molecule has 0 bridgehead atoms. The minimum Gasteiger partial charge on any atom is -0.166 e. The quantitative estimate of drug-likeness (QED) is 0.530. The van der Waals surface area contributed by atoms with Gasteiger partial charge in [-0.15, -0.1) is 0 Å². The second-order valence-electron chi connectivity index (χ2n) is 2.33. The van der Waals surface area contributed by atoms with Crippen LogP contribution in [0, 0.1) is 0 Å². The van der Waals surface area contributed by atoms with Crippen molar-refractivity contribution in [2.24, 2.45) is 0 Å². The molecule has 0 aromatic carbocycles. The Balaban J connectivity index is 0. The van der Waals surface area contributed by atoms with E-state index in [0.29, 0.717) is 5.57 Å². The van der Waals surface area contributed by atoms with Crippen LogP contribution in [0.4, 0.5) is 13.2 Å². The van der Waals surface area contributed by atoms with E-state index in [1.807, 2.05) is 13.8 Å². The number of rotatable bonds is 1. The van der Waals surface area contributed by atoms with Crippen LogP contribution in [-0.2, 0) is 0 Å². The summed E-state index contributed by atoms with van der Waals surface area (Å²) in [4.78, 5) is 0. The van der Waals surface area contributed by atoms with Gasteiger partial charge in [0, 0.05) is 5.57 Å². The van der Waals surface area contributed by atoms with Gasteiger partial charge >= 0.3 is 6.18 Å². The summed E-state index contributed by atoms with van der Waals surface area (Å²) in [6.45, 7) is 8.47. The van der Waals surface area contributed by atoms with E-state index in [9.17, 15) is 13.2 Å². The van der Waals surface area contributed by atoms with E-state index >= 15 is 0 Å². The number of alkyl halides is 3. The van der Waals surface area contributed by atoms with Crippen molar-refractivity contribution in [2.45, 2.75) is 47.2 Å². The van der Waals surface area contributed by atoms with Gasteiger partial charge in [-0.25, -0.2) is 0 Å². The topological polar surface area (TPSA) is 0 Å². The van der Waals surface area contributed by atoms with Gasteiger partial charge in [0.25, 0.3) is 0 Å². The lowest BCUT2D eigenvalue weighted by Crippen LogP contribution is -2.12. The van der Waals surface area contributed by atoms with Crippen molar-refractivity contribution in [2.75, 3.05) is 0 Å². The van der Waals surface area contributed by atoms with Crippen LogP contribution in [0.3, 0.4) is 0 Å². The summed E-state index contributed by atoms with van der Waals surface area (Å²) in [6, 6.07) is 0. The van der Waals surface area contributed by atoms with Gasteiger partial charge in [0.15, 0.2) is 0 Å². The maximum absolute atomic E-state index is 11.9. The van der Waals surface area contributed by atoms with Gasteiger partial charge in [0.1, 0.15) is 0 Å². The molecule has 0 rings (SSSR count). The van der Waals surface area contributed by atoms with Gasteiger partial charge in [-0.1, -0.05) is 26.3 Å². The minimum absolute atomic E-state index is 0.0613. The second kappa shape index (κ2) is 6.09. The van der Waals surface area contributed by atoms with Gasteiger partial charge in [-0.3, -0.25) is 0 Å². The van der Waals surface area contributed by atoms with E-state index in [4.69, 9.17) is 0 Å². The highest BCUT2D eigenvalue weighted by atomic mass is 19.4. The van der Waals surface area contributed by atoms with Crippen LogP contribution in [0.25, 0.3) is 0 Å². The van der Waals surface area contributed by atoms with Crippen LogP contribution < -0.4 is 0 Å². The SMILES string of the molecule is CC.CCC(=C(C)C)C(F)(F)F. The van der Waals surface area contributed by atoms with E-state index in [0.717, 1.165) is 0 Å². The third-order valence-corrected chi connectivity index (χ3v) is 1.30. The van der Waals surface area contributed by atoms with Crippen LogP contribution in [0.2, 0.25) is 0 Å². The van der Waals surface area contributed by atoms with E-state index < -0.39 is 11.7 Å². The number of halogens is 3. The second-order valence-corrected chi connectivity index (χ2v) is 2.33. The highest BCUT2D eigenvalue weighted by molar-refractivity contribution is 5.14. The molecular weight excluding hydrogens is 165 g/mol. The van der Waals surface area contributed by atoms with E-state index in [-0.39, 0.29) is 6.42 Å². The van der Waals surface area contributed by atoms with E-state index in [2.05, 4.69) is 0 Å². The molecule has 0 aliphatic carbocycles. The van der Waals surface area contributed by atoms with Crippen LogP contribution in [0.5, 0.6) is 0 Å². The fourth-order valence-corrected chi connectivity index (χ4v) is 0.837. The Hall–Kier alpha value is -0.470. The summed E-state index contributed by atoms with van der Waals surface area (Å²) < 4.78 is 35.7. The zero-order valence-corrected chi connectivity index (χ0v) is 8.34. The first-order valence-corrected chi connectivity index (χ1v) is 4.13. The molecule has 0 unspecified atom stereocenters. The molecule has 0 radical (unpaired) electrons. The molecule has 0 N–H and O–H groups in total. The maximum atomic E-state index is 11.9. The zero-order valence-electron chi connectivity index (χ0n) is 8.34. The molecular formula is C9H17F3. The molecule has 0 aliphatic heterocycles. The van der Waals surface area contributed by atoms with Gasteiger partial charge in [-0.2, -0.15) is 13.2 Å². The number of hydrogen-bond donors (Lipinski definition) is 0. The largest absolute Gasteiger partial charge is 0.412 e. The summed E-state index contributed by atoms with van der Waals surface area (Å²) in [5, 5.41) is 0. The van der Waals surface area contributed by atoms with Gasteiger partial charge < -0.3 is 0 Å². The van der Waals surface area contributed by atoms with Crippen molar-refractivity contribution >= 4 is 0 Å². The Morgan fingerprint density at radius 2 is 1.42 bits per heavy atom. The molecule has 3 heteroatoms. The molecule has 0 saturated heterocycles. The molecule has 0 fully saturated rings. The Labute approximate surface area is 72.5 Å². The molecule has 74 valence electrons. The van der Waals surface area contributed by atoms with Crippen LogP contribution in [-0.4, -0.2) is 6.18 Å². The lowest BCUT2D eigenvalue weighted by Gasteiger charge is -2.10. The Morgan fingerprint density at radius 3 is 1.42 bits per heavy atom. The molecule has 0 aromatic rings. The van der Waals surface area contributed by atoms with Crippen molar-refractivity contribution in [1.82, 2.24) is 0 Å². The first-order chi connectivity index (χ1) is 5.39. The minimum atomic E-state index is -4.13. The van der Waals surface area contributed by atoms with E-state index in [1.165, 1.54) is 20.8 Å². The van der Waals surface area contributed by atoms with Crippen LogP contribution in [0.1, 0.15) is 41.0 Å². The van der Waals surface area contributed by atoms with Crippen LogP contribution in [0.15, 0.2) is 11.1 Å². The molecule has 0 nitrogen and oxygen atoms in total. The van der Waals surface area contributed by atoms with Crippen molar-refractivity contribution in [3.63, 3.8) is 0 Å². The fourth-order valence-electron chi connectivity index (χ4n) is 0.837. The van der Waals surface area contributed by atoms with Crippen LogP contribution >= 0.6 is 0 Å². The normalized spacial score (nSPS) is 10.0. The van der Waals surface area contributed by atoms with E-state index in [1.54, 1.807) is 0 Å². The van der Waals surface area contributed by atoms with Crippen molar-refractivity contribution in [3.8, 4) is 0 Å². The lowest BCUT2D eigenvalue weighted by molar-refractivity contribution is -0.0943. The third kappa shape index (κ3) is 5.22. The smallest absolute Gasteiger partial charge is 0.166 e. The monoisotopic (exact) mass is 182 g/mol. The predicted octanol–water partition coefficient (Wildman–Crippen LogP) is 4.32. The van der Waals surface area contributed by atoms with Gasteiger partial charge in [-0.05, 0) is 20.3 Å². The molecule has 0 aromatic heterocycles. The summed E-state index contributed by atoms with van der Waals surface area (Å²) in [5.74, 6) is 0. The summed E-state index contributed by atoms with van der Waals surface area (Å²) >= 11 is 0. The Kier molecular flexibility index (Phi) is 7.15. The summed E-state index contributed by atoms with van der Waals surface area (Å²) in [5.41, 5.74) is -0.0532. The molecule has 0 atom stereocenters. The average Bonchev–Trinajstić information content (AvgIpc) is 1.89. The number of allylic oxidation sites excluding steroid dienone is 2. The first kappa shape index (κ1) is 14.1. The number of hydrogen-bond acceptors (Lipinski definition) is 0. The third-order valence-electron chi connectivity index (χ3n) is 1.30. The van der Waals surface area contributed by atoms with Gasteiger partial charge in [0.05, 0.1) is 0 Å². The molecule has 12 heavy (non-hydrogen) atoms. The van der Waals surface area contributed by atoms with Crippen molar-refractivity contribution in [3.05, 3.63) is 11.1 Å². The summed E-state index contributed by atoms with van der Waals surface area (Å²) in [7, 11) is 0. The Morgan fingerprint density at radius 1 is 1.08 bits per heavy atom. The fraction of sp³-hybridized carbons (Fsp3) is 0.778. The molecule has 0 heterocycles. The lowest BCUT2D eigenvalue weighted by atomic mass is 10.1. The first-order valence-electron chi connectivity index (χ1n) is 4.13. The summed E-state index contributed by atoms with van der Waals surface area (Å²) in [6.07, 6.45) is -4.07. The average molecular weight is 182 g/mol. The molecule has 0 saturated carbocycles. The molecule has 0 spiro atoms. The standard InChI is InChI=1S/C7H11F3.C2H6/c1-4-6(5(2)3)7(8,9)10;1-2/h4H2,1-3H3;1-2H3. The van der Waals surface area contributed by atoms with Crippen molar-refractivity contribution in [1.29, 1.82) is 0 Å². The highest BCUT2D eigenvalue weighted by Gasteiger charge is 2.32. The molecule has 0 aliphatic rings. The Bertz CT molecular complexity index is 138. The zero-order chi connectivity index (χ0) is 10.4. The molecule has 0 amide bonds.